The smallest absolute Gasteiger partial charge is 0.360 e. The summed E-state index contributed by atoms with van der Waals surface area (Å²) in [5, 5.41) is 0.180. The molecule has 0 bridgehead atoms. The van der Waals surface area contributed by atoms with Gasteiger partial charge >= 0.3 is 5.97 Å². The van der Waals surface area contributed by atoms with Gasteiger partial charge in [0, 0.05) is 0 Å². The normalized spacial score (nSPS) is 10.1. The van der Waals surface area contributed by atoms with Gasteiger partial charge < -0.3 is 9.72 Å². The number of ether oxygens (including phenoxy) is 1. The second-order valence-electron chi connectivity index (χ2n) is 2.33. The number of rotatable bonds is 3. The quantitative estimate of drug-likeness (QED) is 0.799. The summed E-state index contributed by atoms with van der Waals surface area (Å²) in [6.45, 7) is 2.24. The molecule has 1 aromatic heterocycles. The van der Waals surface area contributed by atoms with Crippen LogP contribution in [0.5, 0.6) is 0 Å². The first-order valence-corrected chi connectivity index (χ1v) is 4.49. The zero-order valence-corrected chi connectivity index (χ0v) is 8.45. The first-order chi connectivity index (χ1) is 6.15. The maximum absolute atomic E-state index is 11.2. The molecule has 0 unspecified atom stereocenters. The van der Waals surface area contributed by atoms with Crippen molar-refractivity contribution in [2.75, 3.05) is 6.61 Å². The van der Waals surface area contributed by atoms with Crippen molar-refractivity contribution in [1.29, 1.82) is 0 Å². The maximum Gasteiger partial charge on any atom is 0.360 e. The van der Waals surface area contributed by atoms with E-state index in [2.05, 4.69) is 9.97 Å². The molecule has 1 rings (SSSR count). The number of hydrogen-bond donors (Lipinski definition) is 1. The number of esters is 1. The third kappa shape index (κ3) is 2.60. The second-order valence-corrected chi connectivity index (χ2v) is 3.06. The third-order valence-corrected chi connectivity index (χ3v) is 1.71. The van der Waals surface area contributed by atoms with Gasteiger partial charge in [0.1, 0.15) is 5.15 Å². The summed E-state index contributed by atoms with van der Waals surface area (Å²) >= 11 is 11.1. The summed E-state index contributed by atoms with van der Waals surface area (Å²) in [6.07, 6.45) is 0.752. The van der Waals surface area contributed by atoms with E-state index in [-0.39, 0.29) is 16.1 Å². The molecule has 0 saturated carbocycles. The summed E-state index contributed by atoms with van der Waals surface area (Å²) in [5.74, 6) is -0.560. The molecule has 13 heavy (non-hydrogen) atoms. The summed E-state index contributed by atoms with van der Waals surface area (Å²) < 4.78 is 4.81. The molecule has 0 saturated heterocycles. The van der Waals surface area contributed by atoms with Gasteiger partial charge in [0.15, 0.2) is 5.69 Å². The highest BCUT2D eigenvalue weighted by Gasteiger charge is 2.16. The van der Waals surface area contributed by atoms with Crippen LogP contribution in [0.25, 0.3) is 0 Å². The average molecular weight is 223 g/mol. The molecular weight excluding hydrogens is 215 g/mol. The number of H-pyrrole nitrogens is 1. The molecule has 1 aromatic rings. The van der Waals surface area contributed by atoms with Crippen LogP contribution in [0.15, 0.2) is 0 Å². The summed E-state index contributed by atoms with van der Waals surface area (Å²) in [7, 11) is 0. The largest absolute Gasteiger partial charge is 0.461 e. The van der Waals surface area contributed by atoms with Crippen molar-refractivity contribution >= 4 is 29.2 Å². The standard InChI is InChI=1S/C7H8Cl2N2O2/c1-2-3-13-6(12)4-5(8)11-7(9)10-4/h2-3H2,1H3,(H,10,11). The zero-order chi connectivity index (χ0) is 9.84. The molecule has 72 valence electrons. The number of halogens is 2. The number of carbonyl (C=O) groups excluding carboxylic acids is 1. The van der Waals surface area contributed by atoms with Crippen LogP contribution in [0, 0.1) is 0 Å². The Morgan fingerprint density at radius 1 is 1.62 bits per heavy atom. The van der Waals surface area contributed by atoms with Gasteiger partial charge in [0.2, 0.25) is 5.28 Å². The first-order valence-electron chi connectivity index (χ1n) is 3.73. The molecule has 0 fully saturated rings. The van der Waals surface area contributed by atoms with E-state index < -0.39 is 5.97 Å². The van der Waals surface area contributed by atoms with E-state index in [1.165, 1.54) is 0 Å². The summed E-state index contributed by atoms with van der Waals surface area (Å²) in [6, 6.07) is 0. The number of imidazole rings is 1. The van der Waals surface area contributed by atoms with Crippen LogP contribution < -0.4 is 0 Å². The van der Waals surface area contributed by atoms with Gasteiger partial charge in [-0.05, 0) is 18.0 Å². The Labute approximate surface area is 85.2 Å². The number of carbonyl (C=O) groups is 1. The number of hydrogen-bond acceptors (Lipinski definition) is 3. The highest BCUT2D eigenvalue weighted by atomic mass is 35.5. The van der Waals surface area contributed by atoms with Crippen LogP contribution in [0.1, 0.15) is 23.8 Å². The number of aromatic amines is 1. The van der Waals surface area contributed by atoms with E-state index in [4.69, 9.17) is 27.9 Å². The fourth-order valence-corrected chi connectivity index (χ4v) is 1.16. The Bertz CT molecular complexity index is 311. The minimum absolute atomic E-state index is 0.0279. The fourth-order valence-electron chi connectivity index (χ4n) is 0.723. The van der Waals surface area contributed by atoms with Gasteiger partial charge in [0.05, 0.1) is 6.61 Å². The second kappa shape index (κ2) is 4.48. The highest BCUT2D eigenvalue weighted by molar-refractivity contribution is 6.34. The Hall–Kier alpha value is -0.740. The predicted octanol–water partition coefficient (Wildman–Crippen LogP) is 2.28. The monoisotopic (exact) mass is 222 g/mol. The minimum Gasteiger partial charge on any atom is -0.461 e. The Balaban J connectivity index is 2.70. The van der Waals surface area contributed by atoms with Gasteiger partial charge in [-0.2, -0.15) is 0 Å². The highest BCUT2D eigenvalue weighted by Crippen LogP contribution is 2.16. The van der Waals surface area contributed by atoms with E-state index in [9.17, 15) is 4.79 Å². The molecule has 0 aliphatic heterocycles. The molecule has 0 amide bonds. The van der Waals surface area contributed by atoms with Crippen LogP contribution in [-0.2, 0) is 4.74 Å². The molecule has 4 nitrogen and oxygen atoms in total. The van der Waals surface area contributed by atoms with E-state index in [1.54, 1.807) is 0 Å². The lowest BCUT2D eigenvalue weighted by atomic mass is 10.5. The molecule has 0 radical (unpaired) electrons. The minimum atomic E-state index is -0.560. The Kier molecular flexibility index (Phi) is 3.57. The van der Waals surface area contributed by atoms with Crippen molar-refractivity contribution in [1.82, 2.24) is 9.97 Å². The Morgan fingerprint density at radius 3 is 2.77 bits per heavy atom. The van der Waals surface area contributed by atoms with Crippen molar-refractivity contribution in [3.05, 3.63) is 16.1 Å². The number of aromatic nitrogens is 2. The molecule has 0 spiro atoms. The molecule has 0 aliphatic rings. The number of nitrogens with one attached hydrogen (secondary N) is 1. The summed E-state index contributed by atoms with van der Waals surface area (Å²) in [4.78, 5) is 17.3. The van der Waals surface area contributed by atoms with E-state index in [0.29, 0.717) is 6.61 Å². The average Bonchev–Trinajstić information content (AvgIpc) is 2.41. The van der Waals surface area contributed by atoms with Crippen molar-refractivity contribution in [2.24, 2.45) is 0 Å². The number of nitrogens with zero attached hydrogens (tertiary/aromatic N) is 1. The molecule has 0 atom stereocenters. The van der Waals surface area contributed by atoms with Crippen molar-refractivity contribution in [3.63, 3.8) is 0 Å². The van der Waals surface area contributed by atoms with Gasteiger partial charge in [0.25, 0.3) is 0 Å². The fraction of sp³-hybridized carbons (Fsp3) is 0.429. The van der Waals surface area contributed by atoms with E-state index >= 15 is 0 Å². The van der Waals surface area contributed by atoms with Crippen LogP contribution in [0.2, 0.25) is 10.4 Å². The van der Waals surface area contributed by atoms with Crippen LogP contribution in [-0.4, -0.2) is 22.5 Å². The lowest BCUT2D eigenvalue weighted by Gasteiger charge is -1.98. The molecule has 1 N–H and O–H groups in total. The van der Waals surface area contributed by atoms with Gasteiger partial charge in [-0.15, -0.1) is 0 Å². The van der Waals surface area contributed by atoms with Crippen LogP contribution in [0.4, 0.5) is 0 Å². The molecule has 1 heterocycles. The Morgan fingerprint density at radius 2 is 2.31 bits per heavy atom. The lowest BCUT2D eigenvalue weighted by Crippen LogP contribution is -2.06. The van der Waals surface area contributed by atoms with E-state index in [1.807, 2.05) is 6.92 Å². The molecule has 6 heteroatoms. The van der Waals surface area contributed by atoms with E-state index in [0.717, 1.165) is 6.42 Å². The molecular formula is C7H8Cl2N2O2. The maximum atomic E-state index is 11.2. The van der Waals surface area contributed by atoms with Gasteiger partial charge in [-0.1, -0.05) is 18.5 Å². The molecule has 0 aliphatic carbocycles. The third-order valence-electron chi connectivity index (χ3n) is 1.26. The van der Waals surface area contributed by atoms with Gasteiger partial charge in [-0.3, -0.25) is 0 Å². The van der Waals surface area contributed by atoms with Crippen molar-refractivity contribution in [3.8, 4) is 0 Å². The predicted molar refractivity (Wildman–Crippen MR) is 49.2 cm³/mol. The van der Waals surface area contributed by atoms with Crippen LogP contribution >= 0.6 is 23.2 Å². The zero-order valence-electron chi connectivity index (χ0n) is 6.93. The lowest BCUT2D eigenvalue weighted by molar-refractivity contribution is 0.0499. The van der Waals surface area contributed by atoms with Crippen LogP contribution in [0.3, 0.4) is 0 Å². The van der Waals surface area contributed by atoms with Gasteiger partial charge in [-0.25, -0.2) is 9.78 Å². The molecule has 0 aromatic carbocycles. The summed E-state index contributed by atoms with van der Waals surface area (Å²) in [5.41, 5.74) is 0.0279. The van der Waals surface area contributed by atoms with Crippen molar-refractivity contribution < 1.29 is 9.53 Å². The topological polar surface area (TPSA) is 55.0 Å². The first kappa shape index (κ1) is 10.3. The SMILES string of the molecule is CCCOC(=O)c1nc(Cl)[nH]c1Cl. The van der Waals surface area contributed by atoms with Crippen molar-refractivity contribution in [2.45, 2.75) is 13.3 Å².